The summed E-state index contributed by atoms with van der Waals surface area (Å²) in [6.07, 6.45) is 5.52. The van der Waals surface area contributed by atoms with Crippen molar-refractivity contribution in [2.24, 2.45) is 0 Å². The van der Waals surface area contributed by atoms with Crippen LogP contribution in [-0.4, -0.2) is 26.9 Å². The zero-order chi connectivity index (χ0) is 11.5. The minimum Gasteiger partial charge on any atom is -0.478 e. The topological polar surface area (TPSA) is 55.1 Å². The van der Waals surface area contributed by atoms with Gasteiger partial charge in [0.05, 0.1) is 5.56 Å². The quantitative estimate of drug-likeness (QED) is 0.828. The van der Waals surface area contributed by atoms with Crippen LogP contribution in [0.5, 0.6) is 0 Å². The Labute approximate surface area is 96.9 Å². The van der Waals surface area contributed by atoms with Crippen LogP contribution in [0.15, 0.2) is 41.8 Å². The molecule has 1 N–H and O–H groups in total. The van der Waals surface area contributed by atoms with Crippen molar-refractivity contribution < 1.29 is 9.90 Å². The number of thioether (sulfide) groups is 1. The predicted molar refractivity (Wildman–Crippen MR) is 62.3 cm³/mol. The zero-order valence-corrected chi connectivity index (χ0v) is 9.44. The number of imidazole rings is 1. The fourth-order valence-electron chi connectivity index (χ4n) is 1.40. The maximum atomic E-state index is 10.7. The van der Waals surface area contributed by atoms with E-state index in [1.165, 1.54) is 0 Å². The Hall–Kier alpha value is -1.75. The van der Waals surface area contributed by atoms with Gasteiger partial charge in [-0.2, -0.15) is 0 Å². The van der Waals surface area contributed by atoms with Crippen molar-refractivity contribution in [2.45, 2.75) is 5.16 Å². The van der Waals surface area contributed by atoms with Gasteiger partial charge in [0.1, 0.15) is 0 Å². The summed E-state index contributed by atoms with van der Waals surface area (Å²) in [5.41, 5.74) is 1.20. The second-order valence-electron chi connectivity index (χ2n) is 3.14. The first-order valence-electron chi connectivity index (χ1n) is 4.63. The molecular formula is C11H10N2O2S. The summed E-state index contributed by atoms with van der Waals surface area (Å²) in [5.74, 6) is -0.915. The first kappa shape index (κ1) is 10.8. The average Bonchev–Trinajstić information content (AvgIpc) is 2.77. The standard InChI is InChI=1S/C11H10N2O2S/c1-16-11-12-6-7-13(11)9-4-2-8(3-5-9)10(14)15/h2-7H,1H3,(H,14,15). The van der Waals surface area contributed by atoms with Gasteiger partial charge in [-0.1, -0.05) is 11.8 Å². The van der Waals surface area contributed by atoms with Crippen LogP contribution in [0.25, 0.3) is 5.69 Å². The predicted octanol–water partition coefficient (Wildman–Crippen LogP) is 2.29. The van der Waals surface area contributed by atoms with Crippen molar-refractivity contribution >= 4 is 17.7 Å². The van der Waals surface area contributed by atoms with E-state index < -0.39 is 5.97 Å². The van der Waals surface area contributed by atoms with Gasteiger partial charge in [0.25, 0.3) is 0 Å². The number of carboxylic acid groups (broad SMARTS) is 1. The van der Waals surface area contributed by atoms with E-state index in [0.717, 1.165) is 10.8 Å². The van der Waals surface area contributed by atoms with Crippen molar-refractivity contribution in [3.05, 3.63) is 42.2 Å². The Kier molecular flexibility index (Phi) is 2.96. The Morgan fingerprint density at radius 1 is 1.38 bits per heavy atom. The van der Waals surface area contributed by atoms with E-state index in [1.807, 2.05) is 17.0 Å². The van der Waals surface area contributed by atoms with Crippen molar-refractivity contribution in [1.82, 2.24) is 9.55 Å². The monoisotopic (exact) mass is 234 g/mol. The van der Waals surface area contributed by atoms with E-state index in [1.54, 1.807) is 42.2 Å². The van der Waals surface area contributed by atoms with E-state index in [2.05, 4.69) is 4.98 Å². The molecule has 0 fully saturated rings. The number of nitrogens with zero attached hydrogens (tertiary/aromatic N) is 2. The van der Waals surface area contributed by atoms with Crippen LogP contribution in [0.3, 0.4) is 0 Å². The van der Waals surface area contributed by atoms with Gasteiger partial charge in [-0.15, -0.1) is 0 Å². The molecule has 0 spiro atoms. The lowest BCUT2D eigenvalue weighted by Gasteiger charge is -2.05. The van der Waals surface area contributed by atoms with E-state index in [-0.39, 0.29) is 5.56 Å². The molecule has 5 heteroatoms. The van der Waals surface area contributed by atoms with Crippen molar-refractivity contribution in [3.63, 3.8) is 0 Å². The number of rotatable bonds is 3. The van der Waals surface area contributed by atoms with Gasteiger partial charge in [-0.3, -0.25) is 4.57 Å². The number of hydrogen-bond donors (Lipinski definition) is 1. The maximum Gasteiger partial charge on any atom is 0.335 e. The molecule has 0 saturated heterocycles. The molecular weight excluding hydrogens is 224 g/mol. The largest absolute Gasteiger partial charge is 0.478 e. The van der Waals surface area contributed by atoms with Gasteiger partial charge in [0, 0.05) is 18.1 Å². The van der Waals surface area contributed by atoms with Crippen LogP contribution in [-0.2, 0) is 0 Å². The molecule has 4 nitrogen and oxygen atoms in total. The Bertz CT molecular complexity index is 505. The van der Waals surface area contributed by atoms with Crippen LogP contribution >= 0.6 is 11.8 Å². The second-order valence-corrected chi connectivity index (χ2v) is 3.91. The van der Waals surface area contributed by atoms with Gasteiger partial charge in [-0.05, 0) is 30.5 Å². The Balaban J connectivity index is 2.38. The molecule has 2 rings (SSSR count). The summed E-state index contributed by atoms with van der Waals surface area (Å²) < 4.78 is 1.91. The highest BCUT2D eigenvalue weighted by molar-refractivity contribution is 7.98. The summed E-state index contributed by atoms with van der Waals surface area (Å²) in [6.45, 7) is 0. The molecule has 0 atom stereocenters. The molecule has 2 aromatic rings. The molecule has 1 aromatic heterocycles. The minimum atomic E-state index is -0.915. The molecule has 0 aliphatic carbocycles. The van der Waals surface area contributed by atoms with Crippen LogP contribution in [0.4, 0.5) is 0 Å². The Morgan fingerprint density at radius 2 is 2.06 bits per heavy atom. The molecule has 16 heavy (non-hydrogen) atoms. The highest BCUT2D eigenvalue weighted by atomic mass is 32.2. The lowest BCUT2D eigenvalue weighted by molar-refractivity contribution is 0.0697. The zero-order valence-electron chi connectivity index (χ0n) is 8.62. The first-order valence-corrected chi connectivity index (χ1v) is 5.86. The van der Waals surface area contributed by atoms with Gasteiger partial charge in [0.15, 0.2) is 5.16 Å². The number of benzene rings is 1. The minimum absolute atomic E-state index is 0.287. The normalized spacial score (nSPS) is 10.3. The van der Waals surface area contributed by atoms with Crippen LogP contribution in [0.1, 0.15) is 10.4 Å². The van der Waals surface area contributed by atoms with Crippen molar-refractivity contribution in [2.75, 3.05) is 6.26 Å². The SMILES string of the molecule is CSc1nccn1-c1ccc(C(=O)O)cc1. The molecule has 0 aliphatic rings. The fraction of sp³-hybridized carbons (Fsp3) is 0.0909. The highest BCUT2D eigenvalue weighted by Gasteiger charge is 2.05. The molecule has 0 unspecified atom stereocenters. The summed E-state index contributed by atoms with van der Waals surface area (Å²) in [7, 11) is 0. The van der Waals surface area contributed by atoms with Gasteiger partial charge >= 0.3 is 5.97 Å². The van der Waals surface area contributed by atoms with E-state index in [9.17, 15) is 4.79 Å². The van der Waals surface area contributed by atoms with E-state index in [0.29, 0.717) is 0 Å². The number of carbonyl (C=O) groups is 1. The third-order valence-electron chi connectivity index (χ3n) is 2.18. The van der Waals surface area contributed by atoms with Crippen LogP contribution in [0.2, 0.25) is 0 Å². The van der Waals surface area contributed by atoms with Crippen LogP contribution in [0, 0.1) is 0 Å². The van der Waals surface area contributed by atoms with Crippen molar-refractivity contribution in [1.29, 1.82) is 0 Å². The van der Waals surface area contributed by atoms with Gasteiger partial charge in [0.2, 0.25) is 0 Å². The van der Waals surface area contributed by atoms with Gasteiger partial charge in [-0.25, -0.2) is 9.78 Å². The third-order valence-corrected chi connectivity index (χ3v) is 2.85. The highest BCUT2D eigenvalue weighted by Crippen LogP contribution is 2.18. The molecule has 1 heterocycles. The smallest absolute Gasteiger partial charge is 0.335 e. The fourth-order valence-corrected chi connectivity index (χ4v) is 1.93. The van der Waals surface area contributed by atoms with E-state index >= 15 is 0 Å². The summed E-state index contributed by atoms with van der Waals surface area (Å²) >= 11 is 1.54. The number of carboxylic acids is 1. The third kappa shape index (κ3) is 1.94. The molecule has 1 aromatic carbocycles. The van der Waals surface area contributed by atoms with Gasteiger partial charge < -0.3 is 5.11 Å². The average molecular weight is 234 g/mol. The summed E-state index contributed by atoms with van der Waals surface area (Å²) in [4.78, 5) is 14.9. The molecule has 0 bridgehead atoms. The maximum absolute atomic E-state index is 10.7. The number of aromatic nitrogens is 2. The van der Waals surface area contributed by atoms with E-state index in [4.69, 9.17) is 5.11 Å². The van der Waals surface area contributed by atoms with Crippen molar-refractivity contribution in [3.8, 4) is 5.69 Å². The van der Waals surface area contributed by atoms with Crippen LogP contribution < -0.4 is 0 Å². The molecule has 0 saturated carbocycles. The lowest BCUT2D eigenvalue weighted by Crippen LogP contribution is -1.98. The first-order chi connectivity index (χ1) is 7.72. The summed E-state index contributed by atoms with van der Waals surface area (Å²) in [5, 5.41) is 9.66. The molecule has 0 aliphatic heterocycles. The molecule has 0 radical (unpaired) electrons. The second kappa shape index (κ2) is 4.40. The number of aromatic carboxylic acids is 1. The lowest BCUT2D eigenvalue weighted by atomic mass is 10.2. The Morgan fingerprint density at radius 3 is 2.62 bits per heavy atom. The molecule has 0 amide bonds. The molecule has 82 valence electrons. The number of hydrogen-bond acceptors (Lipinski definition) is 3. The summed E-state index contributed by atoms with van der Waals surface area (Å²) in [6, 6.07) is 6.71.